The van der Waals surface area contributed by atoms with Gasteiger partial charge in [-0.15, -0.1) is 11.8 Å². The molecule has 0 radical (unpaired) electrons. The van der Waals surface area contributed by atoms with Gasteiger partial charge < -0.3 is 20.7 Å². The number of para-hydroxylation sites is 1. The molecule has 3 amide bonds. The molecule has 0 fully saturated rings. The van der Waals surface area contributed by atoms with Gasteiger partial charge in [-0.05, 0) is 67.1 Å². The van der Waals surface area contributed by atoms with Gasteiger partial charge in [0, 0.05) is 26.7 Å². The molecule has 220 valence electrons. The van der Waals surface area contributed by atoms with Crippen molar-refractivity contribution in [3.05, 3.63) is 124 Å². The Morgan fingerprint density at radius 1 is 0.884 bits per heavy atom. The lowest BCUT2D eigenvalue weighted by Crippen LogP contribution is -2.30. The molecule has 1 atom stereocenters. The highest BCUT2D eigenvalue weighted by Crippen LogP contribution is 2.31. The van der Waals surface area contributed by atoms with Gasteiger partial charge in [0.05, 0.1) is 23.1 Å². The Morgan fingerprint density at radius 2 is 1.63 bits per heavy atom. The van der Waals surface area contributed by atoms with Crippen LogP contribution < -0.4 is 20.7 Å². The molecule has 0 aliphatic carbocycles. The van der Waals surface area contributed by atoms with Crippen molar-refractivity contribution in [2.24, 2.45) is 0 Å². The van der Waals surface area contributed by atoms with Gasteiger partial charge in [-0.1, -0.05) is 72.6 Å². The van der Waals surface area contributed by atoms with Crippen LogP contribution in [-0.2, 0) is 9.59 Å². The van der Waals surface area contributed by atoms with Crippen LogP contribution in [0.4, 0.5) is 11.4 Å². The Kier molecular flexibility index (Phi) is 11.3. The van der Waals surface area contributed by atoms with Crippen molar-refractivity contribution in [3.63, 3.8) is 0 Å². The molecule has 0 aliphatic rings. The van der Waals surface area contributed by atoms with E-state index in [1.165, 1.54) is 18.9 Å². The highest BCUT2D eigenvalue weighted by molar-refractivity contribution is 8.00. The van der Waals surface area contributed by atoms with Gasteiger partial charge in [-0.3, -0.25) is 14.4 Å². The molecule has 43 heavy (non-hydrogen) atoms. The SMILES string of the molecule is CCC(Sc1cccc(NC(=O)/C(=C\c2ccccc2OC)NC(=O)c2ccccc2)c1)C(=O)Nc1ccc(Cl)cc1Cl. The van der Waals surface area contributed by atoms with Crippen molar-refractivity contribution in [2.75, 3.05) is 17.7 Å². The summed E-state index contributed by atoms with van der Waals surface area (Å²) in [6.45, 7) is 1.91. The molecule has 1 unspecified atom stereocenters. The number of rotatable bonds is 11. The highest BCUT2D eigenvalue weighted by Gasteiger charge is 2.20. The van der Waals surface area contributed by atoms with Gasteiger partial charge in [0.15, 0.2) is 0 Å². The van der Waals surface area contributed by atoms with Gasteiger partial charge in [-0.2, -0.15) is 0 Å². The molecule has 0 spiro atoms. The highest BCUT2D eigenvalue weighted by atomic mass is 35.5. The molecule has 0 saturated heterocycles. The monoisotopic (exact) mass is 633 g/mol. The summed E-state index contributed by atoms with van der Waals surface area (Å²) < 4.78 is 5.43. The third-order valence-corrected chi connectivity index (χ3v) is 8.10. The Labute approximate surface area is 264 Å². The second kappa shape index (κ2) is 15.3. The fourth-order valence-corrected chi connectivity index (χ4v) is 5.49. The van der Waals surface area contributed by atoms with E-state index in [0.29, 0.717) is 44.7 Å². The van der Waals surface area contributed by atoms with E-state index in [1.54, 1.807) is 84.9 Å². The molecule has 0 heterocycles. The zero-order chi connectivity index (χ0) is 30.8. The number of ether oxygens (including phenoxy) is 1. The normalized spacial score (nSPS) is 11.8. The lowest BCUT2D eigenvalue weighted by molar-refractivity contribution is -0.116. The molecular weight excluding hydrogens is 605 g/mol. The molecule has 4 aromatic carbocycles. The van der Waals surface area contributed by atoms with E-state index in [-0.39, 0.29) is 11.6 Å². The van der Waals surface area contributed by atoms with Crippen LogP contribution in [0.1, 0.15) is 29.3 Å². The predicted molar refractivity (Wildman–Crippen MR) is 175 cm³/mol. The van der Waals surface area contributed by atoms with Crippen LogP contribution in [-0.4, -0.2) is 30.1 Å². The molecule has 0 bridgehead atoms. The van der Waals surface area contributed by atoms with Crippen LogP contribution in [0.2, 0.25) is 10.0 Å². The summed E-state index contributed by atoms with van der Waals surface area (Å²) in [5.41, 5.74) is 2.02. The number of halogens is 2. The minimum Gasteiger partial charge on any atom is -0.496 e. The summed E-state index contributed by atoms with van der Waals surface area (Å²) in [7, 11) is 1.53. The first-order valence-electron chi connectivity index (χ1n) is 13.3. The maximum Gasteiger partial charge on any atom is 0.272 e. The van der Waals surface area contributed by atoms with Gasteiger partial charge in [0.2, 0.25) is 5.91 Å². The average Bonchev–Trinajstić information content (AvgIpc) is 3.01. The van der Waals surface area contributed by atoms with E-state index in [9.17, 15) is 14.4 Å². The van der Waals surface area contributed by atoms with E-state index < -0.39 is 17.1 Å². The third-order valence-electron chi connectivity index (χ3n) is 6.19. The molecule has 4 aromatic rings. The molecule has 0 aliphatic heterocycles. The molecule has 10 heteroatoms. The molecule has 0 saturated carbocycles. The first-order chi connectivity index (χ1) is 20.8. The number of carbonyl (C=O) groups is 3. The Balaban J connectivity index is 1.52. The maximum atomic E-state index is 13.5. The fourth-order valence-electron chi connectivity index (χ4n) is 4.02. The third kappa shape index (κ3) is 8.88. The van der Waals surface area contributed by atoms with Crippen molar-refractivity contribution >= 4 is 70.1 Å². The summed E-state index contributed by atoms with van der Waals surface area (Å²) in [5, 5.41) is 8.85. The summed E-state index contributed by atoms with van der Waals surface area (Å²) in [6, 6.07) is 27.8. The fraction of sp³-hybridized carbons (Fsp3) is 0.121. The van der Waals surface area contributed by atoms with Crippen LogP contribution in [0.3, 0.4) is 0 Å². The first-order valence-corrected chi connectivity index (χ1v) is 15.0. The molecule has 4 rings (SSSR count). The number of hydrogen-bond acceptors (Lipinski definition) is 5. The number of anilines is 2. The van der Waals surface area contributed by atoms with Gasteiger partial charge in [0.1, 0.15) is 11.4 Å². The molecule has 0 aromatic heterocycles. The first kappa shape index (κ1) is 31.7. The predicted octanol–water partition coefficient (Wildman–Crippen LogP) is 7.92. The number of carbonyl (C=O) groups excluding carboxylic acids is 3. The van der Waals surface area contributed by atoms with E-state index in [4.69, 9.17) is 27.9 Å². The number of nitrogens with one attached hydrogen (secondary N) is 3. The molecule has 7 nitrogen and oxygen atoms in total. The van der Waals surface area contributed by atoms with Crippen LogP contribution in [0.5, 0.6) is 5.75 Å². The van der Waals surface area contributed by atoms with Crippen molar-refractivity contribution in [2.45, 2.75) is 23.5 Å². The number of benzene rings is 4. The van der Waals surface area contributed by atoms with Gasteiger partial charge in [-0.25, -0.2) is 0 Å². The van der Waals surface area contributed by atoms with Crippen LogP contribution in [0, 0.1) is 0 Å². The molecular formula is C33H29Cl2N3O4S. The Morgan fingerprint density at radius 3 is 2.35 bits per heavy atom. The van der Waals surface area contributed by atoms with Gasteiger partial charge in [0.25, 0.3) is 11.8 Å². The Bertz CT molecular complexity index is 1650. The van der Waals surface area contributed by atoms with Crippen LogP contribution in [0.25, 0.3) is 6.08 Å². The summed E-state index contributed by atoms with van der Waals surface area (Å²) in [5.74, 6) is -0.626. The largest absolute Gasteiger partial charge is 0.496 e. The standard InChI is InChI=1S/C33H29Cl2N3O4S/c1-3-30(33(41)37-27-17-16-23(34)19-26(27)35)43-25-14-9-13-24(20-25)36-32(40)28(18-22-12-7-8-15-29(22)42-2)38-31(39)21-10-5-4-6-11-21/h4-20,30H,3H2,1-2H3,(H,36,40)(H,37,41)(H,38,39)/b28-18+. The second-order valence-corrected chi connectivity index (χ2v) is 11.4. The topological polar surface area (TPSA) is 96.5 Å². The summed E-state index contributed by atoms with van der Waals surface area (Å²) >= 11 is 13.6. The number of methoxy groups -OCH3 is 1. The van der Waals surface area contributed by atoms with E-state index >= 15 is 0 Å². The van der Waals surface area contributed by atoms with Crippen LogP contribution in [0.15, 0.2) is 108 Å². The van der Waals surface area contributed by atoms with E-state index in [2.05, 4.69) is 16.0 Å². The quantitative estimate of drug-likeness (QED) is 0.115. The number of amides is 3. The van der Waals surface area contributed by atoms with Crippen molar-refractivity contribution in [1.82, 2.24) is 5.32 Å². The zero-order valence-corrected chi connectivity index (χ0v) is 25.7. The average molecular weight is 635 g/mol. The number of hydrogen-bond donors (Lipinski definition) is 3. The lowest BCUT2D eigenvalue weighted by Gasteiger charge is -2.16. The van der Waals surface area contributed by atoms with Crippen molar-refractivity contribution < 1.29 is 19.1 Å². The molecule has 3 N–H and O–H groups in total. The van der Waals surface area contributed by atoms with E-state index in [0.717, 1.165) is 4.90 Å². The maximum absolute atomic E-state index is 13.5. The van der Waals surface area contributed by atoms with Crippen molar-refractivity contribution in [3.8, 4) is 5.75 Å². The Hall–Kier alpha value is -4.24. The van der Waals surface area contributed by atoms with E-state index in [1.807, 2.05) is 25.1 Å². The lowest BCUT2D eigenvalue weighted by atomic mass is 10.1. The van der Waals surface area contributed by atoms with Gasteiger partial charge >= 0.3 is 0 Å². The van der Waals surface area contributed by atoms with Crippen LogP contribution >= 0.6 is 35.0 Å². The van der Waals surface area contributed by atoms with Crippen molar-refractivity contribution in [1.29, 1.82) is 0 Å². The zero-order valence-electron chi connectivity index (χ0n) is 23.4. The minimum atomic E-state index is -0.528. The summed E-state index contributed by atoms with van der Waals surface area (Å²) in [6.07, 6.45) is 2.11. The minimum absolute atomic E-state index is 0.0297. The second-order valence-electron chi connectivity index (χ2n) is 9.23. The summed E-state index contributed by atoms with van der Waals surface area (Å²) in [4.78, 5) is 40.3. The number of thioether (sulfide) groups is 1. The smallest absolute Gasteiger partial charge is 0.272 e.